The molecule has 0 bridgehead atoms. The van der Waals surface area contributed by atoms with Gasteiger partial charge in [0, 0.05) is 58.7 Å². The highest BCUT2D eigenvalue weighted by Gasteiger charge is 2.19. The van der Waals surface area contributed by atoms with Crippen LogP contribution in [-0.2, 0) is 13.1 Å². The van der Waals surface area contributed by atoms with Crippen LogP contribution in [0.2, 0.25) is 0 Å². The van der Waals surface area contributed by atoms with Gasteiger partial charge < -0.3 is 19.7 Å². The van der Waals surface area contributed by atoms with Gasteiger partial charge in [-0.25, -0.2) is 19.7 Å². The van der Waals surface area contributed by atoms with Gasteiger partial charge in [0.15, 0.2) is 0 Å². The Kier molecular flexibility index (Phi) is 7.16. The van der Waals surface area contributed by atoms with Crippen LogP contribution in [0.1, 0.15) is 19.2 Å². The van der Waals surface area contributed by atoms with Gasteiger partial charge in [-0.15, -0.1) is 0 Å². The Labute approximate surface area is 189 Å². The third-order valence-electron chi connectivity index (χ3n) is 5.91. The minimum Gasteiger partial charge on any atom is -0.338 e. The van der Waals surface area contributed by atoms with Crippen LogP contribution in [0.15, 0.2) is 42.7 Å². The highest BCUT2D eigenvalue weighted by atomic mass is 16.2. The zero-order valence-electron chi connectivity index (χ0n) is 18.9. The standard InChI is InChI=1S/C23H32N8O/c1-3-31-20-9-5-4-8-19(20)27-21(31)18-28(2)23(32)26-12-7-13-29-14-16-30(17-15-29)22-24-10-6-11-25-22/h4-6,8-11H,3,7,12-18H2,1-2H3,(H,26,32). The average molecular weight is 437 g/mol. The minimum atomic E-state index is -0.0641. The molecule has 1 aliphatic rings. The van der Waals surface area contributed by atoms with Gasteiger partial charge in [-0.3, -0.25) is 4.90 Å². The second-order valence-corrected chi connectivity index (χ2v) is 8.08. The minimum absolute atomic E-state index is 0.0641. The monoisotopic (exact) mass is 436 g/mol. The molecule has 0 radical (unpaired) electrons. The Morgan fingerprint density at radius 3 is 2.59 bits per heavy atom. The zero-order valence-corrected chi connectivity index (χ0v) is 18.9. The number of carbonyl (C=O) groups is 1. The molecule has 1 aromatic carbocycles. The summed E-state index contributed by atoms with van der Waals surface area (Å²) in [6.07, 6.45) is 4.49. The predicted molar refractivity (Wildman–Crippen MR) is 126 cm³/mol. The van der Waals surface area contributed by atoms with Gasteiger partial charge in [0.05, 0.1) is 17.6 Å². The van der Waals surface area contributed by atoms with Gasteiger partial charge in [-0.1, -0.05) is 12.1 Å². The van der Waals surface area contributed by atoms with Crippen LogP contribution in [0.25, 0.3) is 11.0 Å². The van der Waals surface area contributed by atoms with E-state index in [0.29, 0.717) is 13.1 Å². The summed E-state index contributed by atoms with van der Waals surface area (Å²) in [6, 6.07) is 9.87. The number of hydrogen-bond donors (Lipinski definition) is 1. The molecule has 0 aliphatic carbocycles. The van der Waals surface area contributed by atoms with Gasteiger partial charge >= 0.3 is 6.03 Å². The number of rotatable bonds is 8. The molecule has 3 aromatic rings. The molecule has 0 saturated carbocycles. The van der Waals surface area contributed by atoms with E-state index in [0.717, 1.165) is 68.5 Å². The fourth-order valence-corrected chi connectivity index (χ4v) is 4.14. The van der Waals surface area contributed by atoms with Crippen molar-refractivity contribution in [3.63, 3.8) is 0 Å². The lowest BCUT2D eigenvalue weighted by atomic mass is 10.3. The van der Waals surface area contributed by atoms with Crippen LogP contribution >= 0.6 is 0 Å². The number of nitrogens with one attached hydrogen (secondary N) is 1. The lowest BCUT2D eigenvalue weighted by Crippen LogP contribution is -2.47. The number of anilines is 1. The van der Waals surface area contributed by atoms with Crippen LogP contribution in [0, 0.1) is 0 Å². The van der Waals surface area contributed by atoms with Crippen molar-refractivity contribution >= 4 is 23.0 Å². The van der Waals surface area contributed by atoms with Crippen molar-refractivity contribution in [1.29, 1.82) is 0 Å². The molecule has 0 atom stereocenters. The second kappa shape index (κ2) is 10.4. The van der Waals surface area contributed by atoms with E-state index in [1.807, 2.05) is 31.3 Å². The van der Waals surface area contributed by atoms with Crippen molar-refractivity contribution in [2.45, 2.75) is 26.4 Å². The fraction of sp³-hybridized carbons (Fsp3) is 0.478. The smallest absolute Gasteiger partial charge is 0.317 e. The summed E-state index contributed by atoms with van der Waals surface area (Å²) in [4.78, 5) is 32.3. The Hall–Kier alpha value is -3.20. The number of urea groups is 1. The van der Waals surface area contributed by atoms with Gasteiger partial charge in [0.25, 0.3) is 0 Å². The van der Waals surface area contributed by atoms with Gasteiger partial charge in [-0.2, -0.15) is 0 Å². The summed E-state index contributed by atoms with van der Waals surface area (Å²) in [6.45, 7) is 8.87. The van der Waals surface area contributed by atoms with E-state index in [9.17, 15) is 4.79 Å². The number of carbonyl (C=O) groups excluding carboxylic acids is 1. The molecule has 1 fully saturated rings. The second-order valence-electron chi connectivity index (χ2n) is 8.08. The quantitative estimate of drug-likeness (QED) is 0.545. The van der Waals surface area contributed by atoms with E-state index in [1.165, 1.54) is 0 Å². The van der Waals surface area contributed by atoms with Gasteiger partial charge in [-0.05, 0) is 38.1 Å². The first kappa shape index (κ1) is 22.0. The number of para-hydroxylation sites is 2. The van der Waals surface area contributed by atoms with Crippen LogP contribution in [0.5, 0.6) is 0 Å². The summed E-state index contributed by atoms with van der Waals surface area (Å²) in [5, 5.41) is 3.04. The Morgan fingerprint density at radius 2 is 1.84 bits per heavy atom. The zero-order chi connectivity index (χ0) is 22.3. The number of hydrogen-bond acceptors (Lipinski definition) is 6. The molecule has 9 nitrogen and oxygen atoms in total. The first-order valence-electron chi connectivity index (χ1n) is 11.3. The molecule has 2 amide bonds. The van der Waals surface area contributed by atoms with E-state index in [2.05, 4.69) is 42.6 Å². The number of aromatic nitrogens is 4. The van der Waals surface area contributed by atoms with Crippen molar-refractivity contribution in [1.82, 2.24) is 34.6 Å². The van der Waals surface area contributed by atoms with Gasteiger partial charge in [0.1, 0.15) is 5.82 Å². The third-order valence-corrected chi connectivity index (χ3v) is 5.91. The number of imidazole rings is 1. The lowest BCUT2D eigenvalue weighted by Gasteiger charge is -2.34. The van der Waals surface area contributed by atoms with E-state index < -0.39 is 0 Å². The molecular formula is C23H32N8O. The molecule has 0 unspecified atom stereocenters. The molecule has 1 saturated heterocycles. The number of fused-ring (bicyclic) bond motifs is 1. The number of piperazine rings is 1. The molecule has 3 heterocycles. The molecule has 4 rings (SSSR count). The largest absolute Gasteiger partial charge is 0.338 e. The molecule has 2 aromatic heterocycles. The fourth-order valence-electron chi connectivity index (χ4n) is 4.14. The van der Waals surface area contributed by atoms with E-state index >= 15 is 0 Å². The van der Waals surface area contributed by atoms with E-state index in [1.54, 1.807) is 17.3 Å². The van der Waals surface area contributed by atoms with Crippen LogP contribution < -0.4 is 10.2 Å². The maximum atomic E-state index is 12.6. The summed E-state index contributed by atoms with van der Waals surface area (Å²) in [7, 11) is 1.82. The Morgan fingerprint density at radius 1 is 1.09 bits per heavy atom. The predicted octanol–water partition coefficient (Wildman–Crippen LogP) is 2.20. The van der Waals surface area contributed by atoms with Gasteiger partial charge in [0.2, 0.25) is 5.95 Å². The number of benzene rings is 1. The molecule has 1 aliphatic heterocycles. The highest BCUT2D eigenvalue weighted by Crippen LogP contribution is 2.17. The van der Waals surface area contributed by atoms with Crippen molar-refractivity contribution in [3.8, 4) is 0 Å². The number of nitrogens with zero attached hydrogens (tertiary/aromatic N) is 7. The van der Waals surface area contributed by atoms with Crippen molar-refractivity contribution < 1.29 is 4.79 Å². The Balaban J connectivity index is 1.18. The Bertz CT molecular complexity index is 1010. The molecule has 0 spiro atoms. The summed E-state index contributed by atoms with van der Waals surface area (Å²) in [5.74, 6) is 1.71. The van der Waals surface area contributed by atoms with E-state index in [4.69, 9.17) is 4.98 Å². The summed E-state index contributed by atoms with van der Waals surface area (Å²) < 4.78 is 2.17. The number of aryl methyl sites for hydroxylation is 1. The summed E-state index contributed by atoms with van der Waals surface area (Å²) in [5.41, 5.74) is 2.08. The molecule has 32 heavy (non-hydrogen) atoms. The summed E-state index contributed by atoms with van der Waals surface area (Å²) >= 11 is 0. The maximum Gasteiger partial charge on any atom is 0.317 e. The van der Waals surface area contributed by atoms with E-state index in [-0.39, 0.29) is 6.03 Å². The molecule has 1 N–H and O–H groups in total. The SMILES string of the molecule is CCn1c(CN(C)C(=O)NCCCN2CCN(c3ncccn3)CC2)nc2ccccc21. The molecule has 170 valence electrons. The van der Waals surface area contributed by atoms with Crippen LogP contribution in [0.3, 0.4) is 0 Å². The highest BCUT2D eigenvalue weighted by molar-refractivity contribution is 5.76. The van der Waals surface area contributed by atoms with Crippen LogP contribution in [-0.4, -0.2) is 81.7 Å². The average Bonchev–Trinajstić information content (AvgIpc) is 3.19. The topological polar surface area (TPSA) is 82.4 Å². The van der Waals surface area contributed by atoms with Crippen molar-refractivity contribution in [3.05, 3.63) is 48.5 Å². The van der Waals surface area contributed by atoms with Crippen molar-refractivity contribution in [2.75, 3.05) is 51.2 Å². The molecular weight excluding hydrogens is 404 g/mol. The normalized spacial score (nSPS) is 14.6. The van der Waals surface area contributed by atoms with Crippen molar-refractivity contribution in [2.24, 2.45) is 0 Å². The lowest BCUT2D eigenvalue weighted by molar-refractivity contribution is 0.203. The first-order chi connectivity index (χ1) is 15.7. The number of amides is 2. The third kappa shape index (κ3) is 5.16. The van der Waals surface area contributed by atoms with Crippen LogP contribution in [0.4, 0.5) is 10.7 Å². The molecule has 9 heteroatoms. The first-order valence-corrected chi connectivity index (χ1v) is 11.3. The maximum absolute atomic E-state index is 12.6.